The highest BCUT2D eigenvalue weighted by Gasteiger charge is 2.16. The molecule has 5 aromatic carbocycles. The fourth-order valence-electron chi connectivity index (χ4n) is 5.64. The summed E-state index contributed by atoms with van der Waals surface area (Å²) in [6, 6.07) is 44.5. The van der Waals surface area contributed by atoms with Crippen molar-refractivity contribution in [2.75, 3.05) is 0 Å². The van der Waals surface area contributed by atoms with Crippen LogP contribution in [0.15, 0.2) is 144 Å². The topological polar surface area (TPSA) is 88.5 Å². The van der Waals surface area contributed by atoms with Crippen LogP contribution in [-0.4, -0.2) is 19.9 Å². The molecule has 210 valence electrons. The maximum absolute atomic E-state index is 9.28. The minimum Gasteiger partial charge on any atom is -0.456 e. The van der Waals surface area contributed by atoms with E-state index < -0.39 is 0 Å². The Kier molecular flexibility index (Phi) is 6.40. The minimum absolute atomic E-state index is 0.518. The van der Waals surface area contributed by atoms with Crippen LogP contribution < -0.4 is 0 Å². The second-order valence-electron chi connectivity index (χ2n) is 10.7. The molecule has 0 saturated carbocycles. The summed E-state index contributed by atoms with van der Waals surface area (Å²) >= 11 is 0. The number of fused-ring (bicyclic) bond motifs is 3. The summed E-state index contributed by atoms with van der Waals surface area (Å²) in [5.74, 6) is 1.70. The molecule has 45 heavy (non-hydrogen) atoms. The normalized spacial score (nSPS) is 11.1. The monoisotopic (exact) mass is 577 g/mol. The lowest BCUT2D eigenvalue weighted by molar-refractivity contribution is 0.669. The van der Waals surface area contributed by atoms with Gasteiger partial charge in [-0.05, 0) is 41.0 Å². The maximum atomic E-state index is 9.28. The van der Waals surface area contributed by atoms with Gasteiger partial charge in [0.2, 0.25) is 0 Å². The molecular weight excluding hydrogens is 554 g/mol. The summed E-state index contributed by atoms with van der Waals surface area (Å²) in [6.45, 7) is 0. The fraction of sp³-hybridized carbons (Fsp3) is 0. The lowest BCUT2D eigenvalue weighted by Gasteiger charge is -2.09. The zero-order valence-electron chi connectivity index (χ0n) is 23.9. The lowest BCUT2D eigenvalue weighted by Crippen LogP contribution is -2.00. The van der Waals surface area contributed by atoms with Crippen LogP contribution in [0.2, 0.25) is 0 Å². The first-order chi connectivity index (χ1) is 22.2. The molecule has 8 aromatic rings. The first-order valence-corrected chi connectivity index (χ1v) is 14.5. The molecule has 0 N–H and O–H groups in total. The van der Waals surface area contributed by atoms with Crippen molar-refractivity contribution >= 4 is 21.9 Å². The third kappa shape index (κ3) is 4.89. The van der Waals surface area contributed by atoms with Gasteiger partial charge in [-0.15, -0.1) is 0 Å². The van der Waals surface area contributed by atoms with Gasteiger partial charge in [-0.3, -0.25) is 4.98 Å². The van der Waals surface area contributed by atoms with Gasteiger partial charge in [-0.2, -0.15) is 5.26 Å². The summed E-state index contributed by atoms with van der Waals surface area (Å²) in [5.41, 5.74) is 8.80. The van der Waals surface area contributed by atoms with Gasteiger partial charge in [0.15, 0.2) is 17.5 Å². The highest BCUT2D eigenvalue weighted by atomic mass is 16.3. The van der Waals surface area contributed by atoms with Crippen molar-refractivity contribution < 1.29 is 4.42 Å². The number of hydrogen-bond acceptors (Lipinski definition) is 6. The average Bonchev–Trinajstić information content (AvgIpc) is 3.50. The van der Waals surface area contributed by atoms with Crippen LogP contribution in [0.1, 0.15) is 5.56 Å². The minimum atomic E-state index is 0.518. The van der Waals surface area contributed by atoms with E-state index in [4.69, 9.17) is 19.4 Å². The third-order valence-electron chi connectivity index (χ3n) is 7.85. The van der Waals surface area contributed by atoms with E-state index in [9.17, 15) is 5.26 Å². The number of benzene rings is 5. The first-order valence-electron chi connectivity index (χ1n) is 14.5. The molecule has 0 amide bonds. The standard InChI is InChI=1S/C39H23N5O/c40-22-25-20-31(24-41-23-25)26-14-16-29(17-15-26)38-42-37(28-10-5-2-6-11-28)43-39(44-38)30-18-19-33-35(21-30)45-34-13-7-12-32(36(33)34)27-8-3-1-4-9-27/h1-21,23-24H. The molecule has 3 aromatic heterocycles. The van der Waals surface area contributed by atoms with Gasteiger partial charge < -0.3 is 4.42 Å². The highest BCUT2D eigenvalue weighted by Crippen LogP contribution is 2.38. The molecule has 0 atom stereocenters. The second kappa shape index (κ2) is 11.0. The average molecular weight is 578 g/mol. The SMILES string of the molecule is N#Cc1cncc(-c2ccc(-c3nc(-c4ccccc4)nc(-c4ccc5c(c4)oc4cccc(-c6ccccc6)c45)n3)cc2)c1. The van der Waals surface area contributed by atoms with E-state index in [0.29, 0.717) is 23.0 Å². The molecule has 0 unspecified atom stereocenters. The van der Waals surface area contributed by atoms with Crippen molar-refractivity contribution in [3.63, 3.8) is 0 Å². The van der Waals surface area contributed by atoms with E-state index in [1.807, 2.05) is 103 Å². The summed E-state index contributed by atoms with van der Waals surface area (Å²) in [7, 11) is 0. The number of aromatic nitrogens is 4. The molecule has 0 spiro atoms. The molecule has 0 aliphatic heterocycles. The first kappa shape index (κ1) is 26.2. The van der Waals surface area contributed by atoms with Gasteiger partial charge in [-0.25, -0.2) is 15.0 Å². The predicted molar refractivity (Wildman–Crippen MR) is 177 cm³/mol. The van der Waals surface area contributed by atoms with E-state index in [1.54, 1.807) is 12.4 Å². The predicted octanol–water partition coefficient (Wildman–Crippen LogP) is 9.37. The Morgan fingerprint density at radius 2 is 1.11 bits per heavy atom. The number of hydrogen-bond donors (Lipinski definition) is 0. The smallest absolute Gasteiger partial charge is 0.164 e. The number of pyridine rings is 1. The molecule has 3 heterocycles. The summed E-state index contributed by atoms with van der Waals surface area (Å²) in [5, 5.41) is 11.4. The van der Waals surface area contributed by atoms with Crippen molar-refractivity contribution in [3.8, 4) is 62.5 Å². The van der Waals surface area contributed by atoms with Crippen LogP contribution in [0.25, 0.3) is 78.4 Å². The van der Waals surface area contributed by atoms with E-state index in [0.717, 1.165) is 60.9 Å². The number of furan rings is 1. The quantitative estimate of drug-likeness (QED) is 0.202. The van der Waals surface area contributed by atoms with Crippen LogP contribution >= 0.6 is 0 Å². The Balaban J connectivity index is 1.24. The Hall–Kier alpha value is -6.45. The van der Waals surface area contributed by atoms with Crippen LogP contribution in [0.4, 0.5) is 0 Å². The van der Waals surface area contributed by atoms with Crippen molar-refractivity contribution in [2.24, 2.45) is 0 Å². The molecule has 0 fully saturated rings. The zero-order chi connectivity index (χ0) is 30.2. The van der Waals surface area contributed by atoms with E-state index in [1.165, 1.54) is 0 Å². The lowest BCUT2D eigenvalue weighted by atomic mass is 9.99. The summed E-state index contributed by atoms with van der Waals surface area (Å²) < 4.78 is 6.38. The van der Waals surface area contributed by atoms with Crippen LogP contribution in [0.5, 0.6) is 0 Å². The van der Waals surface area contributed by atoms with E-state index in [-0.39, 0.29) is 0 Å². The van der Waals surface area contributed by atoms with Gasteiger partial charge in [-0.1, -0.05) is 103 Å². The number of nitriles is 1. The van der Waals surface area contributed by atoms with Gasteiger partial charge in [0.25, 0.3) is 0 Å². The molecule has 0 aliphatic rings. The Labute approximate surface area is 259 Å². The maximum Gasteiger partial charge on any atom is 0.164 e. The Morgan fingerprint density at radius 1 is 0.489 bits per heavy atom. The van der Waals surface area contributed by atoms with Crippen molar-refractivity contribution in [1.29, 1.82) is 5.26 Å². The molecule has 6 heteroatoms. The fourth-order valence-corrected chi connectivity index (χ4v) is 5.64. The third-order valence-corrected chi connectivity index (χ3v) is 7.85. The number of nitrogens with zero attached hydrogens (tertiary/aromatic N) is 5. The molecule has 0 bridgehead atoms. The van der Waals surface area contributed by atoms with Crippen LogP contribution in [0.3, 0.4) is 0 Å². The molecule has 8 rings (SSSR count). The number of rotatable bonds is 5. The summed E-state index contributed by atoms with van der Waals surface area (Å²) in [6.07, 6.45) is 3.31. The molecule has 0 saturated heterocycles. The molecule has 0 radical (unpaired) electrons. The Bertz CT molecular complexity index is 2370. The van der Waals surface area contributed by atoms with Crippen molar-refractivity contribution in [1.82, 2.24) is 19.9 Å². The van der Waals surface area contributed by atoms with Gasteiger partial charge in [0.1, 0.15) is 17.2 Å². The Morgan fingerprint density at radius 3 is 1.82 bits per heavy atom. The van der Waals surface area contributed by atoms with Crippen molar-refractivity contribution in [2.45, 2.75) is 0 Å². The van der Waals surface area contributed by atoms with Gasteiger partial charge in [0, 0.05) is 45.4 Å². The zero-order valence-corrected chi connectivity index (χ0v) is 23.9. The van der Waals surface area contributed by atoms with Gasteiger partial charge >= 0.3 is 0 Å². The van der Waals surface area contributed by atoms with E-state index in [2.05, 4.69) is 35.3 Å². The van der Waals surface area contributed by atoms with Crippen LogP contribution in [0, 0.1) is 11.3 Å². The molecule has 0 aliphatic carbocycles. The highest BCUT2D eigenvalue weighted by molar-refractivity contribution is 6.12. The molecular formula is C39H23N5O. The second-order valence-corrected chi connectivity index (χ2v) is 10.7. The van der Waals surface area contributed by atoms with Gasteiger partial charge in [0.05, 0.1) is 5.56 Å². The summed E-state index contributed by atoms with van der Waals surface area (Å²) in [4.78, 5) is 18.9. The van der Waals surface area contributed by atoms with Crippen LogP contribution in [-0.2, 0) is 0 Å². The molecule has 6 nitrogen and oxygen atoms in total. The van der Waals surface area contributed by atoms with Crippen molar-refractivity contribution in [3.05, 3.63) is 145 Å². The largest absolute Gasteiger partial charge is 0.456 e. The van der Waals surface area contributed by atoms with E-state index >= 15 is 0 Å².